The summed E-state index contributed by atoms with van der Waals surface area (Å²) in [5, 5.41) is 2.47. The summed E-state index contributed by atoms with van der Waals surface area (Å²) in [6.45, 7) is 3.60. The van der Waals surface area contributed by atoms with Gasteiger partial charge in [0, 0.05) is 0 Å². The Morgan fingerprint density at radius 1 is 1.29 bits per heavy atom. The number of esters is 1. The molecule has 0 aliphatic heterocycles. The smallest absolute Gasteiger partial charge is 0.408 e. The molecule has 0 spiro atoms. The third kappa shape index (κ3) is 5.29. The van der Waals surface area contributed by atoms with E-state index in [-0.39, 0.29) is 12.5 Å². The number of rotatable bonds is 6. The van der Waals surface area contributed by atoms with Crippen LogP contribution in [-0.2, 0) is 20.9 Å². The van der Waals surface area contributed by atoms with Crippen molar-refractivity contribution < 1.29 is 23.8 Å². The van der Waals surface area contributed by atoms with E-state index in [1.807, 2.05) is 0 Å². The number of methoxy groups -OCH3 is 2. The Kier molecular flexibility index (Phi) is 6.45. The molecule has 116 valence electrons. The molecule has 7 heteroatoms. The Hall–Kier alpha value is -2.31. The zero-order valence-electron chi connectivity index (χ0n) is 12.6. The standard InChI is InChI=1S/C14H20N2O5/c1-9(2)12(13(17)20-4)16-14(18)21-8-10-5-6-11(19-3)7-15-10/h5-7,9,12H,8H2,1-4H3,(H,16,18)/t12-/m0/s1. The SMILES string of the molecule is COC(=O)[C@@H](NC(=O)OCc1ccc(OC)cn1)C(C)C. The van der Waals surface area contributed by atoms with Gasteiger partial charge in [0.2, 0.25) is 0 Å². The van der Waals surface area contributed by atoms with Crippen molar-refractivity contribution >= 4 is 12.1 Å². The monoisotopic (exact) mass is 296 g/mol. The summed E-state index contributed by atoms with van der Waals surface area (Å²) in [6.07, 6.45) is 0.832. The number of nitrogens with one attached hydrogen (secondary N) is 1. The first kappa shape index (κ1) is 16.7. The third-order valence-corrected chi connectivity index (χ3v) is 2.78. The number of nitrogens with zero attached hydrogens (tertiary/aromatic N) is 1. The fourth-order valence-electron chi connectivity index (χ4n) is 1.55. The summed E-state index contributed by atoms with van der Waals surface area (Å²) in [4.78, 5) is 27.3. The molecule has 0 radical (unpaired) electrons. The van der Waals surface area contributed by atoms with Crippen molar-refractivity contribution in [1.82, 2.24) is 10.3 Å². The van der Waals surface area contributed by atoms with E-state index < -0.39 is 18.1 Å². The predicted molar refractivity (Wildman–Crippen MR) is 74.8 cm³/mol. The quantitative estimate of drug-likeness (QED) is 0.801. The molecule has 0 saturated heterocycles. The molecule has 0 aromatic carbocycles. The highest BCUT2D eigenvalue weighted by molar-refractivity contribution is 5.81. The predicted octanol–water partition coefficient (Wildman–Crippen LogP) is 1.51. The molecule has 0 aliphatic carbocycles. The van der Waals surface area contributed by atoms with Gasteiger partial charge in [0.25, 0.3) is 0 Å². The highest BCUT2D eigenvalue weighted by atomic mass is 16.6. The summed E-state index contributed by atoms with van der Waals surface area (Å²) in [7, 11) is 2.81. The molecular formula is C14H20N2O5. The summed E-state index contributed by atoms with van der Waals surface area (Å²) in [5.74, 6) is 0.00222. The second-order valence-corrected chi connectivity index (χ2v) is 4.65. The number of carbonyl (C=O) groups excluding carboxylic acids is 2. The Bertz CT molecular complexity index is 473. The zero-order chi connectivity index (χ0) is 15.8. The van der Waals surface area contributed by atoms with Crippen LogP contribution in [-0.4, -0.2) is 37.3 Å². The first-order valence-electron chi connectivity index (χ1n) is 6.48. The molecule has 1 aromatic rings. The second-order valence-electron chi connectivity index (χ2n) is 4.65. The van der Waals surface area contributed by atoms with Gasteiger partial charge in [-0.15, -0.1) is 0 Å². The normalized spacial score (nSPS) is 11.7. The topological polar surface area (TPSA) is 86.8 Å². The molecular weight excluding hydrogens is 276 g/mol. The van der Waals surface area contributed by atoms with E-state index in [0.29, 0.717) is 11.4 Å². The van der Waals surface area contributed by atoms with Crippen molar-refractivity contribution in [1.29, 1.82) is 0 Å². The van der Waals surface area contributed by atoms with Crippen molar-refractivity contribution in [3.8, 4) is 5.75 Å². The van der Waals surface area contributed by atoms with E-state index >= 15 is 0 Å². The summed E-state index contributed by atoms with van der Waals surface area (Å²) in [6, 6.07) is 2.66. The van der Waals surface area contributed by atoms with Crippen LogP contribution in [0.15, 0.2) is 18.3 Å². The maximum absolute atomic E-state index is 11.7. The van der Waals surface area contributed by atoms with E-state index in [1.54, 1.807) is 33.1 Å². The van der Waals surface area contributed by atoms with E-state index in [4.69, 9.17) is 9.47 Å². The number of hydrogen-bond acceptors (Lipinski definition) is 6. The van der Waals surface area contributed by atoms with Gasteiger partial charge in [0.15, 0.2) is 0 Å². The van der Waals surface area contributed by atoms with Crippen LogP contribution in [0.5, 0.6) is 5.75 Å². The molecule has 1 rings (SSSR count). The van der Waals surface area contributed by atoms with Crippen LogP contribution in [0.2, 0.25) is 0 Å². The van der Waals surface area contributed by atoms with E-state index in [0.717, 1.165) is 0 Å². The number of aromatic nitrogens is 1. The van der Waals surface area contributed by atoms with E-state index in [2.05, 4.69) is 15.0 Å². The van der Waals surface area contributed by atoms with Gasteiger partial charge in [0.05, 0.1) is 26.1 Å². The van der Waals surface area contributed by atoms with Crippen molar-refractivity contribution in [2.75, 3.05) is 14.2 Å². The molecule has 1 N–H and O–H groups in total. The first-order chi connectivity index (χ1) is 9.97. The van der Waals surface area contributed by atoms with Crippen LogP contribution < -0.4 is 10.1 Å². The highest BCUT2D eigenvalue weighted by Crippen LogP contribution is 2.09. The minimum absolute atomic E-state index is 0.00180. The molecule has 1 atom stereocenters. The Labute approximate surface area is 123 Å². The molecule has 0 aliphatic rings. The van der Waals surface area contributed by atoms with Gasteiger partial charge in [-0.2, -0.15) is 0 Å². The Morgan fingerprint density at radius 2 is 2.00 bits per heavy atom. The molecule has 1 amide bonds. The van der Waals surface area contributed by atoms with Gasteiger partial charge < -0.3 is 19.5 Å². The van der Waals surface area contributed by atoms with Crippen LogP contribution in [0.3, 0.4) is 0 Å². The minimum atomic E-state index is -0.744. The third-order valence-electron chi connectivity index (χ3n) is 2.78. The molecule has 1 aromatic heterocycles. The highest BCUT2D eigenvalue weighted by Gasteiger charge is 2.25. The molecule has 1 heterocycles. The average molecular weight is 296 g/mol. The number of pyridine rings is 1. The Morgan fingerprint density at radius 3 is 2.48 bits per heavy atom. The zero-order valence-corrected chi connectivity index (χ0v) is 12.6. The number of ether oxygens (including phenoxy) is 3. The fourth-order valence-corrected chi connectivity index (χ4v) is 1.55. The van der Waals surface area contributed by atoms with Gasteiger partial charge in [0.1, 0.15) is 18.4 Å². The molecule has 0 bridgehead atoms. The van der Waals surface area contributed by atoms with Crippen molar-refractivity contribution in [3.05, 3.63) is 24.0 Å². The van der Waals surface area contributed by atoms with E-state index in [9.17, 15) is 9.59 Å². The maximum Gasteiger partial charge on any atom is 0.408 e. The van der Waals surface area contributed by atoms with Crippen LogP contribution in [0.25, 0.3) is 0 Å². The minimum Gasteiger partial charge on any atom is -0.495 e. The van der Waals surface area contributed by atoms with Crippen molar-refractivity contribution in [2.24, 2.45) is 5.92 Å². The molecule has 0 unspecified atom stereocenters. The van der Waals surface area contributed by atoms with Crippen LogP contribution in [0.4, 0.5) is 4.79 Å². The second kappa shape index (κ2) is 8.08. The number of amides is 1. The first-order valence-corrected chi connectivity index (χ1v) is 6.48. The lowest BCUT2D eigenvalue weighted by molar-refractivity contribution is -0.144. The lowest BCUT2D eigenvalue weighted by Crippen LogP contribution is -2.45. The average Bonchev–Trinajstić information content (AvgIpc) is 2.50. The number of alkyl carbamates (subject to hydrolysis) is 1. The summed E-state index contributed by atoms with van der Waals surface area (Å²) in [5.41, 5.74) is 0.574. The summed E-state index contributed by atoms with van der Waals surface area (Å²) < 4.78 is 14.6. The van der Waals surface area contributed by atoms with Crippen LogP contribution in [0.1, 0.15) is 19.5 Å². The van der Waals surface area contributed by atoms with Gasteiger partial charge in [-0.05, 0) is 18.1 Å². The van der Waals surface area contributed by atoms with Gasteiger partial charge in [-0.25, -0.2) is 9.59 Å². The van der Waals surface area contributed by atoms with Crippen LogP contribution >= 0.6 is 0 Å². The molecule has 21 heavy (non-hydrogen) atoms. The number of hydrogen-bond donors (Lipinski definition) is 1. The number of carbonyl (C=O) groups is 2. The Balaban J connectivity index is 2.50. The van der Waals surface area contributed by atoms with Gasteiger partial charge in [-0.3, -0.25) is 4.98 Å². The van der Waals surface area contributed by atoms with Crippen molar-refractivity contribution in [3.63, 3.8) is 0 Å². The largest absolute Gasteiger partial charge is 0.495 e. The fraction of sp³-hybridized carbons (Fsp3) is 0.500. The molecule has 7 nitrogen and oxygen atoms in total. The lowest BCUT2D eigenvalue weighted by atomic mass is 10.1. The summed E-state index contributed by atoms with van der Waals surface area (Å²) >= 11 is 0. The maximum atomic E-state index is 11.7. The van der Waals surface area contributed by atoms with E-state index in [1.165, 1.54) is 13.3 Å². The molecule has 0 fully saturated rings. The van der Waals surface area contributed by atoms with Gasteiger partial charge in [-0.1, -0.05) is 13.8 Å². The molecule has 0 saturated carbocycles. The van der Waals surface area contributed by atoms with Crippen LogP contribution in [0, 0.1) is 5.92 Å². The van der Waals surface area contributed by atoms with Gasteiger partial charge >= 0.3 is 12.1 Å². The lowest BCUT2D eigenvalue weighted by Gasteiger charge is -2.19. The van der Waals surface area contributed by atoms with Crippen molar-refractivity contribution in [2.45, 2.75) is 26.5 Å².